The first-order chi connectivity index (χ1) is 15.2. The molecule has 2 aromatic carbocycles. The average Bonchev–Trinajstić information content (AvgIpc) is 3.26. The molecule has 1 amide bonds. The van der Waals surface area contributed by atoms with Crippen LogP contribution in [0.15, 0.2) is 41.3 Å². The maximum atomic E-state index is 12.9. The molecule has 0 radical (unpaired) electrons. The van der Waals surface area contributed by atoms with E-state index in [0.29, 0.717) is 31.3 Å². The summed E-state index contributed by atoms with van der Waals surface area (Å²) >= 11 is 0. The van der Waals surface area contributed by atoms with Gasteiger partial charge in [-0.3, -0.25) is 14.9 Å². The fraction of sp³-hybridized carbons (Fsp3) is 0.409. The smallest absolute Gasteiger partial charge is 0.271 e. The van der Waals surface area contributed by atoms with Gasteiger partial charge in [0.25, 0.3) is 11.6 Å². The fourth-order valence-electron chi connectivity index (χ4n) is 4.38. The van der Waals surface area contributed by atoms with Gasteiger partial charge in [0.15, 0.2) is 21.3 Å². The lowest BCUT2D eigenvalue weighted by Crippen LogP contribution is -2.39. The Bertz CT molecular complexity index is 1170. The van der Waals surface area contributed by atoms with Gasteiger partial charge in [0.2, 0.25) is 0 Å². The molecule has 1 aliphatic carbocycles. The molecule has 32 heavy (non-hydrogen) atoms. The van der Waals surface area contributed by atoms with E-state index < -0.39 is 26.4 Å². The third kappa shape index (κ3) is 4.40. The summed E-state index contributed by atoms with van der Waals surface area (Å²) in [4.78, 5) is 23.1. The van der Waals surface area contributed by atoms with Crippen molar-refractivity contribution in [2.45, 2.75) is 36.0 Å². The van der Waals surface area contributed by atoms with Crippen molar-refractivity contribution in [1.29, 1.82) is 0 Å². The van der Waals surface area contributed by atoms with Crippen LogP contribution in [0, 0.1) is 10.1 Å². The van der Waals surface area contributed by atoms with Gasteiger partial charge in [-0.15, -0.1) is 0 Å². The second-order valence-electron chi connectivity index (χ2n) is 8.27. The van der Waals surface area contributed by atoms with E-state index in [0.717, 1.165) is 49.6 Å². The molecule has 0 saturated heterocycles. The van der Waals surface area contributed by atoms with E-state index in [9.17, 15) is 23.3 Å². The van der Waals surface area contributed by atoms with Gasteiger partial charge in [0, 0.05) is 35.9 Å². The number of benzene rings is 2. The van der Waals surface area contributed by atoms with Crippen molar-refractivity contribution in [2.75, 3.05) is 26.0 Å². The van der Waals surface area contributed by atoms with Gasteiger partial charge < -0.3 is 14.8 Å². The number of ether oxygens (including phenoxy) is 2. The summed E-state index contributed by atoms with van der Waals surface area (Å²) in [5, 5.41) is 14.1. The summed E-state index contributed by atoms with van der Waals surface area (Å²) in [6.45, 7) is 1.31. The number of nitro groups is 1. The number of carbonyl (C=O) groups is 1. The Kier molecular flexibility index (Phi) is 5.81. The fourth-order valence-corrected chi connectivity index (χ4v) is 5.05. The Morgan fingerprint density at radius 3 is 2.44 bits per heavy atom. The third-order valence-electron chi connectivity index (χ3n) is 6.09. The molecule has 1 heterocycles. The average molecular weight is 461 g/mol. The first kappa shape index (κ1) is 22.1. The van der Waals surface area contributed by atoms with Gasteiger partial charge in [0.05, 0.1) is 9.82 Å². The van der Waals surface area contributed by atoms with Crippen LogP contribution in [0.4, 0.5) is 5.69 Å². The van der Waals surface area contributed by atoms with Crippen LogP contribution in [0.5, 0.6) is 11.5 Å². The Morgan fingerprint density at radius 1 is 1.09 bits per heavy atom. The highest BCUT2D eigenvalue weighted by molar-refractivity contribution is 7.90. The number of non-ortho nitro benzene ring substituents is 1. The van der Waals surface area contributed by atoms with Crippen molar-refractivity contribution in [1.82, 2.24) is 5.32 Å². The predicted molar refractivity (Wildman–Crippen MR) is 116 cm³/mol. The summed E-state index contributed by atoms with van der Waals surface area (Å²) in [5.41, 5.74) is 0.233. The summed E-state index contributed by atoms with van der Waals surface area (Å²) in [6, 6.07) is 9.05. The van der Waals surface area contributed by atoms with Crippen LogP contribution in [-0.2, 0) is 15.3 Å². The molecular weight excluding hydrogens is 436 g/mol. The number of hydrogen-bond donors (Lipinski definition) is 1. The molecule has 4 rings (SSSR count). The van der Waals surface area contributed by atoms with Crippen LogP contribution in [0.25, 0.3) is 0 Å². The summed E-state index contributed by atoms with van der Waals surface area (Å²) in [6.07, 6.45) is 4.72. The van der Waals surface area contributed by atoms with Gasteiger partial charge in [-0.05, 0) is 36.6 Å². The van der Waals surface area contributed by atoms with Crippen molar-refractivity contribution in [3.05, 3.63) is 57.6 Å². The molecule has 1 fully saturated rings. The molecule has 0 aromatic heterocycles. The maximum Gasteiger partial charge on any atom is 0.271 e. The van der Waals surface area contributed by atoms with E-state index in [1.807, 2.05) is 18.2 Å². The number of nitrogens with one attached hydrogen (secondary N) is 1. The Morgan fingerprint density at radius 2 is 1.78 bits per heavy atom. The molecule has 1 saturated carbocycles. The Labute approximate surface area is 185 Å². The number of carbonyl (C=O) groups excluding carboxylic acids is 1. The lowest BCUT2D eigenvalue weighted by atomic mass is 9.78. The highest BCUT2D eigenvalue weighted by Gasteiger charge is 2.37. The molecule has 1 N–H and O–H groups in total. The Hall–Kier alpha value is -3.14. The van der Waals surface area contributed by atoms with Crippen LogP contribution < -0.4 is 14.8 Å². The van der Waals surface area contributed by atoms with Gasteiger partial charge in [-0.25, -0.2) is 8.42 Å². The molecule has 170 valence electrons. The van der Waals surface area contributed by atoms with Gasteiger partial charge in [-0.1, -0.05) is 18.9 Å². The summed E-state index contributed by atoms with van der Waals surface area (Å²) in [7, 11) is -3.72. The van der Waals surface area contributed by atoms with Crippen molar-refractivity contribution in [2.24, 2.45) is 0 Å². The van der Waals surface area contributed by atoms with Gasteiger partial charge >= 0.3 is 0 Å². The standard InChI is InChI=1S/C22H24N2O7S/c1-32(28,29)18-11-15(10-17(13-18)24(26)27)21(25)23-14-22(6-2-3-7-22)16-4-5-19-20(12-16)31-9-8-30-19/h4-5,10-13H,2-3,6-9,14H2,1H3,(H,23,25). The molecule has 0 atom stereocenters. The molecule has 10 heteroatoms. The van der Waals surface area contributed by atoms with Crippen LogP contribution in [0.1, 0.15) is 41.6 Å². The number of nitro benzene ring substituents is 1. The number of fused-ring (bicyclic) bond motifs is 1. The van der Waals surface area contributed by atoms with E-state index in [1.165, 1.54) is 6.07 Å². The monoisotopic (exact) mass is 460 g/mol. The van der Waals surface area contributed by atoms with Crippen LogP contribution in [0.2, 0.25) is 0 Å². The van der Waals surface area contributed by atoms with Crippen LogP contribution >= 0.6 is 0 Å². The second kappa shape index (κ2) is 8.42. The van der Waals surface area contributed by atoms with E-state index >= 15 is 0 Å². The highest BCUT2D eigenvalue weighted by atomic mass is 32.2. The highest BCUT2D eigenvalue weighted by Crippen LogP contribution is 2.44. The van der Waals surface area contributed by atoms with Gasteiger partial charge in [0.1, 0.15) is 13.2 Å². The zero-order chi connectivity index (χ0) is 22.9. The van der Waals surface area contributed by atoms with Crippen LogP contribution in [0.3, 0.4) is 0 Å². The molecule has 0 unspecified atom stereocenters. The molecule has 0 spiro atoms. The lowest BCUT2D eigenvalue weighted by Gasteiger charge is -2.31. The quantitative estimate of drug-likeness (QED) is 0.519. The minimum Gasteiger partial charge on any atom is -0.486 e. The second-order valence-corrected chi connectivity index (χ2v) is 10.3. The molecule has 9 nitrogen and oxygen atoms in total. The van der Waals surface area contributed by atoms with Crippen molar-refractivity contribution >= 4 is 21.4 Å². The van der Waals surface area contributed by atoms with Gasteiger partial charge in [-0.2, -0.15) is 0 Å². The van der Waals surface area contributed by atoms with Crippen LogP contribution in [-0.4, -0.2) is 45.3 Å². The Balaban J connectivity index is 1.59. The molecule has 1 aliphatic heterocycles. The number of rotatable bonds is 6. The number of amides is 1. The SMILES string of the molecule is CS(=O)(=O)c1cc(C(=O)NCC2(c3ccc4c(c3)OCCO4)CCCC2)cc([N+](=O)[O-])c1. The largest absolute Gasteiger partial charge is 0.486 e. The molecular formula is C22H24N2O7S. The van der Waals surface area contributed by atoms with Crippen molar-refractivity contribution < 1.29 is 27.6 Å². The normalized spacial score (nSPS) is 17.0. The van der Waals surface area contributed by atoms with E-state index in [2.05, 4.69) is 5.32 Å². The summed E-state index contributed by atoms with van der Waals surface area (Å²) < 4.78 is 35.2. The number of sulfone groups is 1. The lowest BCUT2D eigenvalue weighted by molar-refractivity contribution is -0.385. The first-order valence-electron chi connectivity index (χ1n) is 10.4. The topological polar surface area (TPSA) is 125 Å². The molecule has 0 bridgehead atoms. The number of hydrogen-bond acceptors (Lipinski definition) is 7. The van der Waals surface area contributed by atoms with E-state index in [1.54, 1.807) is 0 Å². The van der Waals surface area contributed by atoms with E-state index in [-0.39, 0.29) is 15.9 Å². The summed E-state index contributed by atoms with van der Waals surface area (Å²) in [5.74, 6) is 0.826. The molecule has 2 aromatic rings. The van der Waals surface area contributed by atoms with Crippen molar-refractivity contribution in [3.8, 4) is 11.5 Å². The van der Waals surface area contributed by atoms with Crippen molar-refractivity contribution in [3.63, 3.8) is 0 Å². The minimum absolute atomic E-state index is 0.0602. The predicted octanol–water partition coefficient (Wildman–Crippen LogP) is 3.01. The maximum absolute atomic E-state index is 12.9. The third-order valence-corrected chi connectivity index (χ3v) is 7.19. The van der Waals surface area contributed by atoms with E-state index in [4.69, 9.17) is 9.47 Å². The number of nitrogens with zero attached hydrogens (tertiary/aromatic N) is 1. The zero-order valence-electron chi connectivity index (χ0n) is 17.6. The first-order valence-corrected chi connectivity index (χ1v) is 12.2. The molecule has 2 aliphatic rings. The zero-order valence-corrected chi connectivity index (χ0v) is 18.4. The minimum atomic E-state index is -3.72.